The summed E-state index contributed by atoms with van der Waals surface area (Å²) in [5, 5.41) is 10.9. The number of benzene rings is 1. The molecule has 0 saturated carbocycles. The first-order valence-corrected chi connectivity index (χ1v) is 8.15. The first-order valence-electron chi connectivity index (χ1n) is 6.71. The summed E-state index contributed by atoms with van der Waals surface area (Å²) >= 11 is 0. The summed E-state index contributed by atoms with van der Waals surface area (Å²) in [6, 6.07) is 1.80. The van der Waals surface area contributed by atoms with Crippen molar-refractivity contribution in [3.05, 3.63) is 33.6 Å². The molecule has 2 rings (SSSR count). The molecule has 21 heavy (non-hydrogen) atoms. The Morgan fingerprint density at radius 2 is 2.05 bits per heavy atom. The zero-order valence-electron chi connectivity index (χ0n) is 11.9. The maximum atomic E-state index is 13.7. The van der Waals surface area contributed by atoms with Crippen molar-refractivity contribution in [1.82, 2.24) is 4.31 Å². The topological polar surface area (TPSA) is 80.5 Å². The molecule has 0 spiro atoms. The van der Waals surface area contributed by atoms with Gasteiger partial charge in [0.15, 0.2) is 0 Å². The van der Waals surface area contributed by atoms with E-state index in [1.807, 2.05) is 6.92 Å². The lowest BCUT2D eigenvalue weighted by molar-refractivity contribution is -0.387. The fourth-order valence-corrected chi connectivity index (χ4v) is 4.37. The van der Waals surface area contributed by atoms with E-state index < -0.39 is 26.5 Å². The smallest absolute Gasteiger partial charge is 0.258 e. The van der Waals surface area contributed by atoms with E-state index >= 15 is 0 Å². The van der Waals surface area contributed by atoms with Crippen LogP contribution >= 0.6 is 0 Å². The molecule has 6 nitrogen and oxygen atoms in total. The van der Waals surface area contributed by atoms with Crippen LogP contribution in [0.5, 0.6) is 0 Å². The van der Waals surface area contributed by atoms with Crippen LogP contribution in [0.1, 0.15) is 31.7 Å². The molecule has 0 amide bonds. The summed E-state index contributed by atoms with van der Waals surface area (Å²) in [5.74, 6) is -0.995. The molecule has 0 bridgehead atoms. The van der Waals surface area contributed by atoms with Gasteiger partial charge in [0.25, 0.3) is 0 Å². The number of nitro groups is 1. The fraction of sp³-hybridized carbons (Fsp3) is 0.538. The van der Waals surface area contributed by atoms with Gasteiger partial charge < -0.3 is 0 Å². The van der Waals surface area contributed by atoms with Gasteiger partial charge in [-0.25, -0.2) is 8.42 Å². The number of rotatable bonds is 3. The van der Waals surface area contributed by atoms with Gasteiger partial charge in [0, 0.05) is 18.7 Å². The number of halogens is 1. The minimum Gasteiger partial charge on any atom is -0.258 e. The van der Waals surface area contributed by atoms with E-state index in [1.165, 1.54) is 11.2 Å². The highest BCUT2D eigenvalue weighted by molar-refractivity contribution is 7.89. The van der Waals surface area contributed by atoms with Crippen molar-refractivity contribution in [3.63, 3.8) is 0 Å². The molecule has 1 atom stereocenters. The van der Waals surface area contributed by atoms with E-state index in [1.54, 1.807) is 0 Å². The maximum absolute atomic E-state index is 13.7. The van der Waals surface area contributed by atoms with Crippen LogP contribution in [0, 0.1) is 22.9 Å². The van der Waals surface area contributed by atoms with Crippen molar-refractivity contribution in [2.45, 2.75) is 44.0 Å². The minimum absolute atomic E-state index is 0.0487. The molecule has 1 fully saturated rings. The molecule has 1 aromatic carbocycles. The summed E-state index contributed by atoms with van der Waals surface area (Å²) < 4.78 is 40.3. The first kappa shape index (κ1) is 15.8. The third kappa shape index (κ3) is 2.91. The Bertz CT molecular complexity index is 675. The number of aryl methyl sites for hydroxylation is 1. The van der Waals surface area contributed by atoms with Gasteiger partial charge in [-0.15, -0.1) is 0 Å². The van der Waals surface area contributed by atoms with E-state index in [0.717, 1.165) is 31.4 Å². The van der Waals surface area contributed by atoms with Crippen LogP contribution in [0.25, 0.3) is 0 Å². The van der Waals surface area contributed by atoms with E-state index in [4.69, 9.17) is 0 Å². The number of sulfonamides is 1. The fourth-order valence-electron chi connectivity index (χ4n) is 2.56. The lowest BCUT2D eigenvalue weighted by atomic mass is 10.1. The summed E-state index contributed by atoms with van der Waals surface area (Å²) in [5.41, 5.74) is -0.856. The second-order valence-corrected chi connectivity index (χ2v) is 7.18. The van der Waals surface area contributed by atoms with Crippen LogP contribution in [-0.2, 0) is 10.0 Å². The minimum atomic E-state index is -3.84. The summed E-state index contributed by atoms with van der Waals surface area (Å²) in [6.45, 7) is 3.51. The molecule has 1 aliphatic heterocycles. The van der Waals surface area contributed by atoms with Gasteiger partial charge in [-0.05, 0) is 38.3 Å². The number of nitrogens with zero attached hydrogens (tertiary/aromatic N) is 2. The van der Waals surface area contributed by atoms with Gasteiger partial charge in [0.1, 0.15) is 0 Å². The zero-order valence-corrected chi connectivity index (χ0v) is 12.7. The second kappa shape index (κ2) is 5.69. The molecule has 0 aliphatic carbocycles. The van der Waals surface area contributed by atoms with Crippen LogP contribution in [-0.4, -0.2) is 30.2 Å². The van der Waals surface area contributed by atoms with Gasteiger partial charge >= 0.3 is 5.69 Å². The molecule has 1 heterocycles. The average molecular weight is 316 g/mol. The molecule has 0 aromatic heterocycles. The molecule has 0 N–H and O–H groups in total. The Labute approximate surface area is 122 Å². The third-order valence-corrected chi connectivity index (χ3v) is 5.75. The van der Waals surface area contributed by atoms with Crippen molar-refractivity contribution in [3.8, 4) is 0 Å². The normalized spacial score (nSPS) is 20.4. The summed E-state index contributed by atoms with van der Waals surface area (Å²) in [6.07, 6.45) is 2.46. The average Bonchev–Trinajstić information content (AvgIpc) is 2.41. The SMILES string of the molecule is Cc1cc(S(=O)(=O)N2CCCCC2C)cc([N+](=O)[O-])c1F. The Hall–Kier alpha value is -1.54. The molecule has 116 valence electrons. The predicted octanol–water partition coefficient (Wildman–Crippen LogP) is 2.61. The number of piperidine rings is 1. The number of hydrogen-bond acceptors (Lipinski definition) is 4. The highest BCUT2D eigenvalue weighted by Gasteiger charge is 2.33. The van der Waals surface area contributed by atoms with E-state index in [9.17, 15) is 22.9 Å². The standard InChI is InChI=1S/C13H17FN2O4S/c1-9-7-11(8-12(13(9)14)16(17)18)21(19,20)15-6-4-3-5-10(15)2/h7-8,10H,3-6H2,1-2H3. The Morgan fingerprint density at radius 3 is 2.62 bits per heavy atom. The van der Waals surface area contributed by atoms with Gasteiger partial charge in [0.2, 0.25) is 15.8 Å². The van der Waals surface area contributed by atoms with Crippen LogP contribution in [0.4, 0.5) is 10.1 Å². The molecule has 1 saturated heterocycles. The van der Waals surface area contributed by atoms with Crippen molar-refractivity contribution in [1.29, 1.82) is 0 Å². The van der Waals surface area contributed by atoms with Crippen LogP contribution in [0.15, 0.2) is 17.0 Å². The van der Waals surface area contributed by atoms with Crippen LogP contribution in [0.2, 0.25) is 0 Å². The lowest BCUT2D eigenvalue weighted by Crippen LogP contribution is -2.41. The van der Waals surface area contributed by atoms with Crippen LogP contribution in [0.3, 0.4) is 0 Å². The molecule has 0 radical (unpaired) electrons. The van der Waals surface area contributed by atoms with Gasteiger partial charge in [-0.2, -0.15) is 8.70 Å². The third-order valence-electron chi connectivity index (χ3n) is 3.75. The Kier molecular flexibility index (Phi) is 4.29. The van der Waals surface area contributed by atoms with Crippen LogP contribution < -0.4 is 0 Å². The maximum Gasteiger partial charge on any atom is 0.306 e. The van der Waals surface area contributed by atoms with Crippen molar-refractivity contribution in [2.24, 2.45) is 0 Å². The van der Waals surface area contributed by atoms with Gasteiger partial charge in [-0.3, -0.25) is 10.1 Å². The molecule has 1 aromatic rings. The summed E-state index contributed by atoms with van der Waals surface area (Å²) in [7, 11) is -3.84. The Balaban J connectivity index is 2.52. The number of hydrogen-bond donors (Lipinski definition) is 0. The Morgan fingerprint density at radius 1 is 1.38 bits per heavy atom. The van der Waals surface area contributed by atoms with Gasteiger partial charge in [0.05, 0.1) is 9.82 Å². The molecular weight excluding hydrogens is 299 g/mol. The quantitative estimate of drug-likeness (QED) is 0.634. The van der Waals surface area contributed by atoms with E-state index in [0.29, 0.717) is 6.54 Å². The largest absolute Gasteiger partial charge is 0.306 e. The monoisotopic (exact) mass is 316 g/mol. The van der Waals surface area contributed by atoms with Crippen molar-refractivity contribution in [2.75, 3.05) is 6.54 Å². The van der Waals surface area contributed by atoms with E-state index in [2.05, 4.69) is 0 Å². The second-order valence-electron chi connectivity index (χ2n) is 5.29. The van der Waals surface area contributed by atoms with Crippen molar-refractivity contribution < 1.29 is 17.7 Å². The molecule has 8 heteroatoms. The molecule has 1 aliphatic rings. The highest BCUT2D eigenvalue weighted by Crippen LogP contribution is 2.30. The zero-order chi connectivity index (χ0) is 15.8. The molecular formula is C13H17FN2O4S. The predicted molar refractivity (Wildman–Crippen MR) is 75.0 cm³/mol. The van der Waals surface area contributed by atoms with Crippen molar-refractivity contribution >= 4 is 15.7 Å². The highest BCUT2D eigenvalue weighted by atomic mass is 32.2. The molecule has 1 unspecified atom stereocenters. The van der Waals surface area contributed by atoms with Gasteiger partial charge in [-0.1, -0.05) is 6.42 Å². The lowest BCUT2D eigenvalue weighted by Gasteiger charge is -2.32. The first-order chi connectivity index (χ1) is 9.75. The summed E-state index contributed by atoms with van der Waals surface area (Å²) in [4.78, 5) is 9.73. The number of nitro benzene ring substituents is 1. The van der Waals surface area contributed by atoms with E-state index in [-0.39, 0.29) is 16.5 Å².